The Morgan fingerprint density at radius 1 is 1.19 bits per heavy atom. The lowest BCUT2D eigenvalue weighted by molar-refractivity contribution is 0.0946. The van der Waals surface area contributed by atoms with Crippen LogP contribution in [-0.4, -0.2) is 23.2 Å². The molecule has 0 aliphatic heterocycles. The summed E-state index contributed by atoms with van der Waals surface area (Å²) in [6.07, 6.45) is 0. The van der Waals surface area contributed by atoms with Gasteiger partial charge in [0.25, 0.3) is 5.91 Å². The molecule has 1 N–H and O–H groups in total. The molecule has 0 saturated carbocycles. The van der Waals surface area contributed by atoms with Crippen LogP contribution >= 0.6 is 0 Å². The fourth-order valence-corrected chi connectivity index (χ4v) is 2.38. The van der Waals surface area contributed by atoms with Gasteiger partial charge in [0.05, 0.1) is 12.7 Å². The van der Waals surface area contributed by atoms with Crippen molar-refractivity contribution in [3.63, 3.8) is 0 Å². The molecular formula is C19H19N3O4. The van der Waals surface area contributed by atoms with Crippen molar-refractivity contribution in [3.05, 3.63) is 71.4 Å². The van der Waals surface area contributed by atoms with E-state index in [1.165, 1.54) is 0 Å². The second kappa shape index (κ2) is 8.15. The predicted molar refractivity (Wildman–Crippen MR) is 94.0 cm³/mol. The van der Waals surface area contributed by atoms with E-state index in [1.54, 1.807) is 38.3 Å². The molecule has 2 aromatic carbocycles. The number of amides is 1. The van der Waals surface area contributed by atoms with Crippen LogP contribution in [0.1, 0.15) is 27.6 Å². The van der Waals surface area contributed by atoms with Gasteiger partial charge in [0, 0.05) is 13.5 Å². The summed E-state index contributed by atoms with van der Waals surface area (Å²) in [4.78, 5) is 16.6. The molecule has 0 aliphatic carbocycles. The van der Waals surface area contributed by atoms with Gasteiger partial charge in [-0.05, 0) is 29.8 Å². The van der Waals surface area contributed by atoms with Crippen LogP contribution in [0.25, 0.3) is 0 Å². The number of carbonyl (C=O) groups is 1. The van der Waals surface area contributed by atoms with Crippen LogP contribution in [0.5, 0.6) is 11.5 Å². The lowest BCUT2D eigenvalue weighted by Gasteiger charge is -2.11. The molecular weight excluding hydrogens is 334 g/mol. The van der Waals surface area contributed by atoms with Crippen molar-refractivity contribution in [2.45, 2.75) is 20.1 Å². The average molecular weight is 353 g/mol. The van der Waals surface area contributed by atoms with E-state index in [2.05, 4.69) is 15.5 Å². The van der Waals surface area contributed by atoms with Crippen LogP contribution in [0.15, 0.2) is 53.1 Å². The third-order valence-electron chi connectivity index (χ3n) is 3.65. The third kappa shape index (κ3) is 4.38. The fourth-order valence-electron chi connectivity index (χ4n) is 2.38. The van der Waals surface area contributed by atoms with E-state index in [4.69, 9.17) is 14.0 Å². The van der Waals surface area contributed by atoms with Crippen LogP contribution < -0.4 is 14.8 Å². The van der Waals surface area contributed by atoms with Gasteiger partial charge in [-0.25, -0.2) is 0 Å². The van der Waals surface area contributed by atoms with Crippen molar-refractivity contribution in [2.24, 2.45) is 0 Å². The Hall–Kier alpha value is -3.35. The van der Waals surface area contributed by atoms with E-state index in [0.717, 1.165) is 11.3 Å². The summed E-state index contributed by atoms with van der Waals surface area (Å²) in [5.41, 5.74) is 1.38. The fraction of sp³-hybridized carbons (Fsp3) is 0.211. The van der Waals surface area contributed by atoms with Gasteiger partial charge in [-0.3, -0.25) is 4.79 Å². The van der Waals surface area contributed by atoms with Gasteiger partial charge >= 0.3 is 0 Å². The Morgan fingerprint density at radius 2 is 2.04 bits per heavy atom. The molecule has 0 saturated heterocycles. The minimum atomic E-state index is -0.229. The standard InChI is InChI=1S/C19H19N3O4/c1-13-21-18(22-26-13)12-25-17-9-4-3-8-16(17)19(23)20-11-14-6-5-7-15(10-14)24-2/h3-10H,11-12H2,1-2H3,(H,20,23). The molecule has 1 amide bonds. The van der Waals surface area contributed by atoms with Gasteiger partial charge in [-0.2, -0.15) is 4.98 Å². The lowest BCUT2D eigenvalue weighted by atomic mass is 10.1. The first-order valence-corrected chi connectivity index (χ1v) is 8.08. The second-order valence-electron chi connectivity index (χ2n) is 5.55. The van der Waals surface area contributed by atoms with Crippen LogP contribution in [0, 0.1) is 6.92 Å². The molecule has 0 aliphatic rings. The number of nitrogens with one attached hydrogen (secondary N) is 1. The highest BCUT2D eigenvalue weighted by Gasteiger charge is 2.13. The minimum Gasteiger partial charge on any atom is -0.497 e. The first-order valence-electron chi connectivity index (χ1n) is 8.08. The van der Waals surface area contributed by atoms with Gasteiger partial charge in [0.2, 0.25) is 11.7 Å². The maximum atomic E-state index is 12.5. The number of nitrogens with zero attached hydrogens (tertiary/aromatic N) is 2. The highest BCUT2D eigenvalue weighted by Crippen LogP contribution is 2.19. The molecule has 3 aromatic rings. The number of benzene rings is 2. The molecule has 0 radical (unpaired) electrons. The molecule has 7 heteroatoms. The summed E-state index contributed by atoms with van der Waals surface area (Å²) in [6.45, 7) is 2.21. The van der Waals surface area contributed by atoms with E-state index < -0.39 is 0 Å². The van der Waals surface area contributed by atoms with Gasteiger partial charge in [0.15, 0.2) is 6.61 Å². The number of hydrogen-bond donors (Lipinski definition) is 1. The van der Waals surface area contributed by atoms with E-state index >= 15 is 0 Å². The zero-order chi connectivity index (χ0) is 18.4. The normalized spacial score (nSPS) is 10.4. The second-order valence-corrected chi connectivity index (χ2v) is 5.55. The van der Waals surface area contributed by atoms with Crippen molar-refractivity contribution < 1.29 is 18.8 Å². The smallest absolute Gasteiger partial charge is 0.255 e. The summed E-state index contributed by atoms with van der Waals surface area (Å²) in [7, 11) is 1.61. The first-order chi connectivity index (χ1) is 12.7. The van der Waals surface area contributed by atoms with Crippen LogP contribution in [0.4, 0.5) is 0 Å². The van der Waals surface area contributed by atoms with Crippen molar-refractivity contribution in [1.82, 2.24) is 15.5 Å². The Balaban J connectivity index is 1.65. The first kappa shape index (κ1) is 17.5. The van der Waals surface area contributed by atoms with E-state index in [-0.39, 0.29) is 12.5 Å². The Morgan fingerprint density at radius 3 is 2.81 bits per heavy atom. The molecule has 0 bridgehead atoms. The maximum Gasteiger partial charge on any atom is 0.255 e. The number of methoxy groups -OCH3 is 1. The number of carbonyl (C=O) groups excluding carboxylic acids is 1. The third-order valence-corrected chi connectivity index (χ3v) is 3.65. The van der Waals surface area contributed by atoms with Crippen LogP contribution in [0.2, 0.25) is 0 Å². The number of hydrogen-bond acceptors (Lipinski definition) is 6. The predicted octanol–water partition coefficient (Wildman–Crippen LogP) is 2.90. The van der Waals surface area contributed by atoms with Gasteiger partial charge < -0.3 is 19.3 Å². The quantitative estimate of drug-likeness (QED) is 0.703. The summed E-state index contributed by atoms with van der Waals surface area (Å²) in [5, 5.41) is 6.66. The largest absolute Gasteiger partial charge is 0.497 e. The number of ether oxygens (including phenoxy) is 2. The number of aromatic nitrogens is 2. The van der Waals surface area contributed by atoms with Crippen LogP contribution in [-0.2, 0) is 13.2 Å². The number of rotatable bonds is 7. The van der Waals surface area contributed by atoms with Gasteiger partial charge in [0.1, 0.15) is 11.5 Å². The van der Waals surface area contributed by atoms with E-state index in [1.807, 2.05) is 24.3 Å². The lowest BCUT2D eigenvalue weighted by Crippen LogP contribution is -2.23. The average Bonchev–Trinajstić information content (AvgIpc) is 3.10. The summed E-state index contributed by atoms with van der Waals surface area (Å²) < 4.78 is 15.8. The summed E-state index contributed by atoms with van der Waals surface area (Å²) in [6, 6.07) is 14.6. The molecule has 0 unspecified atom stereocenters. The molecule has 134 valence electrons. The van der Waals surface area contributed by atoms with Gasteiger partial charge in [-0.15, -0.1) is 0 Å². The summed E-state index contributed by atoms with van der Waals surface area (Å²) in [5.74, 6) is 1.86. The van der Waals surface area contributed by atoms with Crippen molar-refractivity contribution in [2.75, 3.05) is 7.11 Å². The zero-order valence-electron chi connectivity index (χ0n) is 14.6. The number of aryl methyl sites for hydroxylation is 1. The molecule has 26 heavy (non-hydrogen) atoms. The maximum absolute atomic E-state index is 12.5. The molecule has 0 fully saturated rings. The molecule has 7 nitrogen and oxygen atoms in total. The van der Waals surface area contributed by atoms with Crippen molar-refractivity contribution in [1.29, 1.82) is 0 Å². The topological polar surface area (TPSA) is 86.5 Å². The highest BCUT2D eigenvalue weighted by atomic mass is 16.5. The number of para-hydroxylation sites is 1. The zero-order valence-corrected chi connectivity index (χ0v) is 14.6. The van der Waals surface area contributed by atoms with Crippen LogP contribution in [0.3, 0.4) is 0 Å². The Kier molecular flexibility index (Phi) is 5.48. The minimum absolute atomic E-state index is 0.123. The monoisotopic (exact) mass is 353 g/mol. The molecule has 0 atom stereocenters. The van der Waals surface area contributed by atoms with Crippen molar-refractivity contribution >= 4 is 5.91 Å². The van der Waals surface area contributed by atoms with Crippen molar-refractivity contribution in [3.8, 4) is 11.5 Å². The van der Waals surface area contributed by atoms with E-state index in [9.17, 15) is 4.79 Å². The van der Waals surface area contributed by atoms with Gasteiger partial charge in [-0.1, -0.05) is 29.4 Å². The highest BCUT2D eigenvalue weighted by molar-refractivity contribution is 5.96. The Labute approximate surface area is 150 Å². The Bertz CT molecular complexity index is 892. The molecule has 1 heterocycles. The molecule has 1 aromatic heterocycles. The molecule has 0 spiro atoms. The molecule has 3 rings (SSSR count). The SMILES string of the molecule is COc1cccc(CNC(=O)c2ccccc2OCc2noc(C)n2)c1. The van der Waals surface area contributed by atoms with E-state index in [0.29, 0.717) is 29.6 Å². The summed E-state index contributed by atoms with van der Waals surface area (Å²) >= 11 is 0.